The Kier molecular flexibility index (Phi) is 13.5. The number of aliphatic carboxylic acids is 1. The van der Waals surface area contributed by atoms with Gasteiger partial charge in [0.05, 0.1) is 6.10 Å². The second-order valence-corrected chi connectivity index (χ2v) is 16.7. The van der Waals surface area contributed by atoms with E-state index in [1.165, 1.54) is 31.3 Å². The summed E-state index contributed by atoms with van der Waals surface area (Å²) in [6.45, 7) is 16.3. The average Bonchev–Trinajstić information content (AvgIpc) is 3.06. The van der Waals surface area contributed by atoms with Crippen molar-refractivity contribution in [1.29, 1.82) is 0 Å². The lowest BCUT2D eigenvalue weighted by atomic mass is 9.87. The highest BCUT2D eigenvalue weighted by molar-refractivity contribution is 6.74. The third kappa shape index (κ3) is 11.1. The van der Waals surface area contributed by atoms with Gasteiger partial charge in [0, 0.05) is 18.4 Å². The minimum atomic E-state index is -1.84. The number of unbranched alkanes of at least 4 members (excludes halogenated alkanes) is 5. The molecule has 0 radical (unpaired) electrons. The van der Waals surface area contributed by atoms with Gasteiger partial charge in [-0.05, 0) is 62.6 Å². The zero-order valence-electron chi connectivity index (χ0n) is 22.8. The van der Waals surface area contributed by atoms with Crippen molar-refractivity contribution >= 4 is 14.3 Å². The summed E-state index contributed by atoms with van der Waals surface area (Å²) in [5.41, 5.74) is 1.43. The maximum absolute atomic E-state index is 10.7. The minimum absolute atomic E-state index is 0.209. The molecule has 0 saturated heterocycles. The van der Waals surface area contributed by atoms with Crippen LogP contribution in [0.15, 0.2) is 11.6 Å². The van der Waals surface area contributed by atoms with E-state index in [9.17, 15) is 9.90 Å². The van der Waals surface area contributed by atoms with Gasteiger partial charge in [0.2, 0.25) is 0 Å². The van der Waals surface area contributed by atoms with Crippen LogP contribution in [0.4, 0.5) is 0 Å². The molecule has 1 aliphatic rings. The zero-order valence-corrected chi connectivity index (χ0v) is 23.8. The molecule has 1 rings (SSSR count). The number of carbonyl (C=O) groups is 1. The van der Waals surface area contributed by atoms with Crippen molar-refractivity contribution in [3.8, 4) is 0 Å². The van der Waals surface area contributed by atoms with Gasteiger partial charge in [0.25, 0.3) is 0 Å². The third-order valence-corrected chi connectivity index (χ3v) is 12.6. The van der Waals surface area contributed by atoms with Gasteiger partial charge in [-0.25, -0.2) is 0 Å². The van der Waals surface area contributed by atoms with Gasteiger partial charge in [0.15, 0.2) is 8.32 Å². The normalized spacial score (nSPS) is 21.2. The fraction of sp³-hybridized carbons (Fsp3) is 0.893. The van der Waals surface area contributed by atoms with Crippen LogP contribution in [0.25, 0.3) is 0 Å². The second kappa shape index (κ2) is 14.7. The number of rotatable bonds is 17. The Morgan fingerprint density at radius 2 is 1.79 bits per heavy atom. The Balaban J connectivity index is 2.67. The van der Waals surface area contributed by atoms with Gasteiger partial charge in [0.1, 0.15) is 0 Å². The largest absolute Gasteiger partial charge is 0.481 e. The van der Waals surface area contributed by atoms with Crippen LogP contribution in [-0.2, 0) is 9.22 Å². The van der Waals surface area contributed by atoms with Gasteiger partial charge < -0.3 is 14.6 Å². The maximum atomic E-state index is 10.7. The molecule has 1 aliphatic carbocycles. The van der Waals surface area contributed by atoms with Gasteiger partial charge in [-0.2, -0.15) is 0 Å². The lowest BCUT2D eigenvalue weighted by Crippen LogP contribution is -2.45. The van der Waals surface area contributed by atoms with Crippen LogP contribution >= 0.6 is 0 Å². The van der Waals surface area contributed by atoms with E-state index >= 15 is 0 Å². The molecule has 0 heterocycles. The fourth-order valence-electron chi connectivity index (χ4n) is 4.72. The summed E-state index contributed by atoms with van der Waals surface area (Å²) < 4.78 is 6.96. The lowest BCUT2D eigenvalue weighted by molar-refractivity contribution is -0.137. The smallest absolute Gasteiger partial charge is 0.303 e. The molecule has 2 unspecified atom stereocenters. The number of aliphatic hydroxyl groups excluding tert-OH is 1. The summed E-state index contributed by atoms with van der Waals surface area (Å²) in [6, 6.07) is 0. The Morgan fingerprint density at radius 3 is 2.39 bits per heavy atom. The standard InChI is InChI=1S/C28H54O4Si/c1-8-9-12-15-22(2)26(32-33(6,7)28(3,4)5)21-19-23-18-20-25(29)24(23)16-13-10-11-14-17-27(30)31/h18,22,24-26,29H,8-17,19-21H2,1-7H3,(H,30,31)/t22?,24-,25+,26?/m1/s1. The molecule has 5 heteroatoms. The van der Waals surface area contributed by atoms with Crippen LogP contribution in [0.2, 0.25) is 18.1 Å². The predicted molar refractivity (Wildman–Crippen MR) is 142 cm³/mol. The lowest BCUT2D eigenvalue weighted by Gasteiger charge is -2.41. The van der Waals surface area contributed by atoms with Crippen molar-refractivity contribution in [3.05, 3.63) is 11.6 Å². The first-order chi connectivity index (χ1) is 15.4. The molecule has 0 spiro atoms. The first-order valence-electron chi connectivity index (χ1n) is 13.7. The number of carboxylic acids is 1. The first-order valence-corrected chi connectivity index (χ1v) is 16.6. The molecule has 0 fully saturated rings. The van der Waals surface area contributed by atoms with Crippen molar-refractivity contribution in [2.75, 3.05) is 0 Å². The van der Waals surface area contributed by atoms with Crippen molar-refractivity contribution in [1.82, 2.24) is 0 Å². The SMILES string of the molecule is CCCCCC(C)C(CCC1=CC[C@H](O)[C@@H]1CCCCCCC(=O)O)O[Si](C)(C)C(C)(C)C. The quantitative estimate of drug-likeness (QED) is 0.125. The number of hydrogen-bond acceptors (Lipinski definition) is 3. The monoisotopic (exact) mass is 482 g/mol. The van der Waals surface area contributed by atoms with Crippen LogP contribution in [0.3, 0.4) is 0 Å². The van der Waals surface area contributed by atoms with Crippen LogP contribution in [-0.4, -0.2) is 36.7 Å². The molecule has 4 nitrogen and oxygen atoms in total. The Morgan fingerprint density at radius 1 is 1.12 bits per heavy atom. The molecule has 0 aromatic rings. The van der Waals surface area contributed by atoms with Crippen LogP contribution in [0, 0.1) is 11.8 Å². The maximum Gasteiger partial charge on any atom is 0.303 e. The molecule has 0 aromatic heterocycles. The molecule has 0 amide bonds. The molecule has 0 saturated carbocycles. The molecular weight excluding hydrogens is 428 g/mol. The Hall–Kier alpha value is -0.653. The summed E-state index contributed by atoms with van der Waals surface area (Å²) in [7, 11) is -1.84. The van der Waals surface area contributed by atoms with Crippen molar-refractivity contribution in [2.45, 2.75) is 148 Å². The van der Waals surface area contributed by atoms with E-state index in [1.54, 1.807) is 0 Å². The van der Waals surface area contributed by atoms with E-state index < -0.39 is 14.3 Å². The number of hydrogen-bond donors (Lipinski definition) is 2. The van der Waals surface area contributed by atoms with E-state index in [-0.39, 0.29) is 29.6 Å². The van der Waals surface area contributed by atoms with E-state index in [0.717, 1.165) is 51.4 Å². The molecule has 4 atom stereocenters. The van der Waals surface area contributed by atoms with Crippen molar-refractivity contribution < 1.29 is 19.4 Å². The molecule has 0 bridgehead atoms. The molecule has 0 aromatic carbocycles. The fourth-order valence-corrected chi connectivity index (χ4v) is 6.18. The average molecular weight is 483 g/mol. The van der Waals surface area contributed by atoms with E-state index in [4.69, 9.17) is 9.53 Å². The van der Waals surface area contributed by atoms with E-state index in [2.05, 4.69) is 53.8 Å². The van der Waals surface area contributed by atoms with Crippen LogP contribution < -0.4 is 0 Å². The highest BCUT2D eigenvalue weighted by Gasteiger charge is 2.40. The van der Waals surface area contributed by atoms with Crippen LogP contribution in [0.1, 0.15) is 118 Å². The van der Waals surface area contributed by atoms with Gasteiger partial charge in [-0.1, -0.05) is 84.8 Å². The third-order valence-electron chi connectivity index (χ3n) is 8.09. The van der Waals surface area contributed by atoms with Crippen molar-refractivity contribution in [3.63, 3.8) is 0 Å². The zero-order chi connectivity index (χ0) is 25.1. The van der Waals surface area contributed by atoms with Crippen LogP contribution in [0.5, 0.6) is 0 Å². The number of aliphatic hydroxyl groups is 1. The second-order valence-electron chi connectivity index (χ2n) is 12.0. The van der Waals surface area contributed by atoms with Gasteiger partial charge >= 0.3 is 5.97 Å². The Bertz CT molecular complexity index is 593. The molecule has 2 N–H and O–H groups in total. The summed E-state index contributed by atoms with van der Waals surface area (Å²) in [5.74, 6) is 0.128. The topological polar surface area (TPSA) is 66.8 Å². The summed E-state index contributed by atoms with van der Waals surface area (Å²) >= 11 is 0. The molecular formula is C28H54O4Si. The highest BCUT2D eigenvalue weighted by Crippen LogP contribution is 2.40. The van der Waals surface area contributed by atoms with E-state index in [1.807, 2.05) is 0 Å². The summed E-state index contributed by atoms with van der Waals surface area (Å²) in [4.78, 5) is 10.7. The first kappa shape index (κ1) is 30.4. The summed E-state index contributed by atoms with van der Waals surface area (Å²) in [5, 5.41) is 19.6. The van der Waals surface area contributed by atoms with E-state index in [0.29, 0.717) is 5.92 Å². The number of carboxylic acid groups (broad SMARTS) is 1. The molecule has 194 valence electrons. The summed E-state index contributed by atoms with van der Waals surface area (Å²) in [6.07, 6.45) is 15.4. The van der Waals surface area contributed by atoms with Crippen molar-refractivity contribution in [2.24, 2.45) is 11.8 Å². The Labute approximate surface area is 205 Å². The van der Waals surface area contributed by atoms with Gasteiger partial charge in [-0.3, -0.25) is 4.79 Å². The molecule has 33 heavy (non-hydrogen) atoms. The highest BCUT2D eigenvalue weighted by atomic mass is 28.4. The predicted octanol–water partition coefficient (Wildman–Crippen LogP) is 8.11. The van der Waals surface area contributed by atoms with Gasteiger partial charge in [-0.15, -0.1) is 0 Å². The molecule has 0 aliphatic heterocycles. The minimum Gasteiger partial charge on any atom is -0.481 e.